The van der Waals surface area contributed by atoms with E-state index in [9.17, 15) is 0 Å². The molecular weight excluding hydrogens is 216 g/mol. The molecular formula is C12H18N4O. The van der Waals surface area contributed by atoms with Gasteiger partial charge in [-0.2, -0.15) is 0 Å². The van der Waals surface area contributed by atoms with E-state index >= 15 is 0 Å². The number of nitrogens with two attached hydrogens (primary N) is 1. The molecule has 0 aliphatic carbocycles. The number of hydrogen-bond donors (Lipinski definition) is 1. The lowest BCUT2D eigenvalue weighted by atomic mass is 10.2. The number of fused-ring (bicyclic) bond motifs is 2. The van der Waals surface area contributed by atoms with Crippen LogP contribution in [0.2, 0.25) is 0 Å². The van der Waals surface area contributed by atoms with Crippen LogP contribution < -0.4 is 10.6 Å². The van der Waals surface area contributed by atoms with Gasteiger partial charge in [0, 0.05) is 18.7 Å². The van der Waals surface area contributed by atoms with E-state index in [0.717, 1.165) is 30.3 Å². The van der Waals surface area contributed by atoms with Crippen LogP contribution >= 0.6 is 0 Å². The maximum atomic E-state index is 5.90. The molecule has 2 fully saturated rings. The number of hydrogen-bond acceptors (Lipinski definition) is 5. The minimum atomic E-state index is 0.365. The number of nitrogen functional groups attached to an aromatic ring is 1. The molecule has 5 heteroatoms. The molecule has 17 heavy (non-hydrogen) atoms. The first-order valence-electron chi connectivity index (χ1n) is 6.14. The molecule has 2 N–H and O–H groups in total. The number of morpholine rings is 1. The number of aromatic nitrogens is 2. The first-order valence-corrected chi connectivity index (χ1v) is 6.14. The molecule has 2 atom stereocenters. The lowest BCUT2D eigenvalue weighted by molar-refractivity contribution is 0.0302. The van der Waals surface area contributed by atoms with E-state index < -0.39 is 0 Å². The Hall–Kier alpha value is -1.36. The first-order chi connectivity index (χ1) is 8.13. The van der Waals surface area contributed by atoms with Gasteiger partial charge in [-0.15, -0.1) is 0 Å². The van der Waals surface area contributed by atoms with Crippen molar-refractivity contribution in [3.63, 3.8) is 0 Å². The zero-order valence-corrected chi connectivity index (χ0v) is 10.3. The monoisotopic (exact) mass is 234 g/mol. The summed E-state index contributed by atoms with van der Waals surface area (Å²) in [6.07, 6.45) is 3.06. The summed E-state index contributed by atoms with van der Waals surface area (Å²) in [5, 5.41) is 0. The Morgan fingerprint density at radius 3 is 2.47 bits per heavy atom. The van der Waals surface area contributed by atoms with Crippen molar-refractivity contribution in [2.75, 3.05) is 23.7 Å². The third kappa shape index (κ3) is 1.84. The molecule has 3 rings (SSSR count). The van der Waals surface area contributed by atoms with Gasteiger partial charge in [-0.05, 0) is 26.7 Å². The minimum Gasteiger partial charge on any atom is -0.383 e. The van der Waals surface area contributed by atoms with Crippen molar-refractivity contribution in [2.45, 2.75) is 38.9 Å². The molecule has 0 spiro atoms. The van der Waals surface area contributed by atoms with Gasteiger partial charge < -0.3 is 15.4 Å². The van der Waals surface area contributed by atoms with Crippen molar-refractivity contribution in [1.29, 1.82) is 0 Å². The predicted octanol–water partition coefficient (Wildman–Crippen LogP) is 1.04. The average molecular weight is 234 g/mol. The molecule has 2 bridgehead atoms. The molecule has 2 unspecified atom stereocenters. The summed E-state index contributed by atoms with van der Waals surface area (Å²) in [6, 6.07) is 0. The molecule has 0 aromatic carbocycles. The third-order valence-electron chi connectivity index (χ3n) is 3.61. The highest BCUT2D eigenvalue weighted by molar-refractivity contribution is 5.56. The van der Waals surface area contributed by atoms with E-state index in [2.05, 4.69) is 14.9 Å². The minimum absolute atomic E-state index is 0.365. The number of aryl methyl sites for hydroxylation is 1. The average Bonchev–Trinajstić information content (AvgIpc) is 2.63. The molecule has 3 heterocycles. The maximum absolute atomic E-state index is 5.90. The van der Waals surface area contributed by atoms with E-state index in [0.29, 0.717) is 18.0 Å². The highest BCUT2D eigenvalue weighted by Gasteiger charge is 2.34. The van der Waals surface area contributed by atoms with Crippen molar-refractivity contribution < 1.29 is 4.74 Å². The fraction of sp³-hybridized carbons (Fsp3) is 0.667. The van der Waals surface area contributed by atoms with Crippen LogP contribution in [0, 0.1) is 13.8 Å². The van der Waals surface area contributed by atoms with Crippen molar-refractivity contribution in [1.82, 2.24) is 9.97 Å². The molecule has 92 valence electrons. The zero-order valence-electron chi connectivity index (χ0n) is 10.3. The standard InChI is InChI=1S/C12H18N4O/c1-7-11(13)14-8(2)15-12(7)16-5-9-3-4-10(6-16)17-9/h9-10H,3-6H2,1-2H3,(H2,13,14,15). The zero-order chi connectivity index (χ0) is 12.0. The van der Waals surface area contributed by atoms with E-state index in [-0.39, 0.29) is 0 Å². The van der Waals surface area contributed by atoms with Crippen LogP contribution in [0.5, 0.6) is 0 Å². The topological polar surface area (TPSA) is 64.3 Å². The van der Waals surface area contributed by atoms with Gasteiger partial charge in [0.05, 0.1) is 12.2 Å². The highest BCUT2D eigenvalue weighted by Crippen LogP contribution is 2.31. The lowest BCUT2D eigenvalue weighted by Gasteiger charge is -2.34. The van der Waals surface area contributed by atoms with Gasteiger partial charge in [0.25, 0.3) is 0 Å². The van der Waals surface area contributed by atoms with Crippen molar-refractivity contribution in [3.8, 4) is 0 Å². The summed E-state index contributed by atoms with van der Waals surface area (Å²) < 4.78 is 5.83. The van der Waals surface area contributed by atoms with Crippen LogP contribution in [0.3, 0.4) is 0 Å². The molecule has 2 aliphatic heterocycles. The number of anilines is 2. The maximum Gasteiger partial charge on any atom is 0.137 e. The smallest absolute Gasteiger partial charge is 0.137 e. The quantitative estimate of drug-likeness (QED) is 0.786. The Labute approximate surface area is 101 Å². The second-order valence-corrected chi connectivity index (χ2v) is 4.97. The fourth-order valence-corrected chi connectivity index (χ4v) is 2.73. The molecule has 1 aromatic rings. The lowest BCUT2D eigenvalue weighted by Crippen LogP contribution is -2.43. The Bertz CT molecular complexity index is 436. The Balaban J connectivity index is 1.94. The van der Waals surface area contributed by atoms with E-state index in [1.807, 2.05) is 13.8 Å². The fourth-order valence-electron chi connectivity index (χ4n) is 2.73. The van der Waals surface area contributed by atoms with Gasteiger partial charge in [0.1, 0.15) is 17.5 Å². The number of ether oxygens (including phenoxy) is 1. The summed E-state index contributed by atoms with van der Waals surface area (Å²) >= 11 is 0. The van der Waals surface area contributed by atoms with Gasteiger partial charge >= 0.3 is 0 Å². The molecule has 0 amide bonds. The van der Waals surface area contributed by atoms with Crippen molar-refractivity contribution in [3.05, 3.63) is 11.4 Å². The summed E-state index contributed by atoms with van der Waals surface area (Å²) in [6.45, 7) is 5.72. The highest BCUT2D eigenvalue weighted by atomic mass is 16.5. The van der Waals surface area contributed by atoms with Crippen LogP contribution in [0.4, 0.5) is 11.6 Å². The van der Waals surface area contributed by atoms with Gasteiger partial charge in [-0.1, -0.05) is 0 Å². The third-order valence-corrected chi connectivity index (χ3v) is 3.61. The molecule has 2 saturated heterocycles. The van der Waals surface area contributed by atoms with Crippen LogP contribution in [0.15, 0.2) is 0 Å². The van der Waals surface area contributed by atoms with Crippen LogP contribution in [-0.4, -0.2) is 35.3 Å². The van der Waals surface area contributed by atoms with Gasteiger partial charge in [-0.25, -0.2) is 9.97 Å². The SMILES string of the molecule is Cc1nc(N)c(C)c(N2CC3CCC(C2)O3)n1. The number of nitrogens with zero attached hydrogens (tertiary/aromatic N) is 3. The summed E-state index contributed by atoms with van der Waals surface area (Å²) in [4.78, 5) is 11.0. The van der Waals surface area contributed by atoms with E-state index in [1.54, 1.807) is 0 Å². The van der Waals surface area contributed by atoms with Crippen LogP contribution in [0.1, 0.15) is 24.2 Å². The second-order valence-electron chi connectivity index (χ2n) is 4.97. The van der Waals surface area contributed by atoms with E-state index in [1.165, 1.54) is 12.8 Å². The molecule has 2 aliphatic rings. The molecule has 5 nitrogen and oxygen atoms in total. The van der Waals surface area contributed by atoms with Gasteiger partial charge in [0.15, 0.2) is 0 Å². The predicted molar refractivity (Wildman–Crippen MR) is 66.0 cm³/mol. The Kier molecular flexibility index (Phi) is 2.43. The van der Waals surface area contributed by atoms with Crippen molar-refractivity contribution >= 4 is 11.6 Å². The Morgan fingerprint density at radius 1 is 1.18 bits per heavy atom. The van der Waals surface area contributed by atoms with Gasteiger partial charge in [-0.3, -0.25) is 0 Å². The summed E-state index contributed by atoms with van der Waals surface area (Å²) in [5.41, 5.74) is 6.89. The Morgan fingerprint density at radius 2 is 1.82 bits per heavy atom. The van der Waals surface area contributed by atoms with Crippen LogP contribution in [0.25, 0.3) is 0 Å². The normalized spacial score (nSPS) is 27.5. The molecule has 0 radical (unpaired) electrons. The first kappa shape index (κ1) is 10.8. The second kappa shape index (κ2) is 3.84. The summed E-state index contributed by atoms with van der Waals surface area (Å²) in [5.74, 6) is 2.31. The van der Waals surface area contributed by atoms with Crippen LogP contribution in [-0.2, 0) is 4.74 Å². The number of rotatable bonds is 1. The van der Waals surface area contributed by atoms with Gasteiger partial charge in [0.2, 0.25) is 0 Å². The van der Waals surface area contributed by atoms with Crippen molar-refractivity contribution in [2.24, 2.45) is 0 Å². The summed E-state index contributed by atoms with van der Waals surface area (Å²) in [7, 11) is 0. The largest absolute Gasteiger partial charge is 0.383 e. The van der Waals surface area contributed by atoms with E-state index in [4.69, 9.17) is 10.5 Å². The molecule has 0 saturated carbocycles. The molecule has 1 aromatic heterocycles.